The summed E-state index contributed by atoms with van der Waals surface area (Å²) in [6, 6.07) is 12.5. The molecule has 144 valence electrons. The average molecular weight is 398 g/mol. The van der Waals surface area contributed by atoms with E-state index >= 15 is 0 Å². The van der Waals surface area contributed by atoms with E-state index in [1.807, 2.05) is 32.0 Å². The fraction of sp³-hybridized carbons (Fsp3) is 0.200. The highest BCUT2D eigenvalue weighted by atomic mass is 35.5. The van der Waals surface area contributed by atoms with Gasteiger partial charge in [0.1, 0.15) is 6.54 Å². The Bertz CT molecular complexity index is 1030. The lowest BCUT2D eigenvalue weighted by molar-refractivity contribution is -0.117. The second-order valence-electron chi connectivity index (χ2n) is 6.44. The standard InChI is InChI=1S/C20H20ClN5O2/c1-12-5-4-6-17(13(12)2)23-20(28)19-14(3)26(25-24-19)11-18(27)22-16-9-7-15(21)8-10-16/h4-10H,11H2,1-3H3,(H,22,27)(H,23,28). The molecule has 3 aromatic rings. The highest BCUT2D eigenvalue weighted by molar-refractivity contribution is 6.30. The van der Waals surface area contributed by atoms with E-state index in [4.69, 9.17) is 11.6 Å². The van der Waals surface area contributed by atoms with Gasteiger partial charge >= 0.3 is 0 Å². The zero-order chi connectivity index (χ0) is 20.3. The summed E-state index contributed by atoms with van der Waals surface area (Å²) in [5.74, 6) is -0.646. The predicted octanol–water partition coefficient (Wildman–Crippen LogP) is 3.75. The fourth-order valence-corrected chi connectivity index (χ4v) is 2.78. The topological polar surface area (TPSA) is 88.9 Å². The van der Waals surface area contributed by atoms with Gasteiger partial charge < -0.3 is 10.6 Å². The van der Waals surface area contributed by atoms with Crippen LogP contribution >= 0.6 is 11.6 Å². The summed E-state index contributed by atoms with van der Waals surface area (Å²) in [5.41, 5.74) is 4.11. The van der Waals surface area contributed by atoms with Crippen molar-refractivity contribution in [2.45, 2.75) is 27.3 Å². The van der Waals surface area contributed by atoms with Crippen LogP contribution in [0.3, 0.4) is 0 Å². The largest absolute Gasteiger partial charge is 0.324 e. The Labute approximate surface area is 167 Å². The Morgan fingerprint density at radius 3 is 2.46 bits per heavy atom. The molecule has 0 fully saturated rings. The van der Waals surface area contributed by atoms with Crippen molar-refractivity contribution < 1.29 is 9.59 Å². The number of halogens is 1. The van der Waals surface area contributed by atoms with Crippen LogP contribution in [0.25, 0.3) is 0 Å². The van der Waals surface area contributed by atoms with Gasteiger partial charge in [-0.1, -0.05) is 28.9 Å². The van der Waals surface area contributed by atoms with Gasteiger partial charge in [-0.15, -0.1) is 5.10 Å². The number of amides is 2. The maximum atomic E-state index is 12.6. The van der Waals surface area contributed by atoms with Crippen LogP contribution in [-0.2, 0) is 11.3 Å². The summed E-state index contributed by atoms with van der Waals surface area (Å²) in [7, 11) is 0. The van der Waals surface area contributed by atoms with Gasteiger partial charge in [0.05, 0.1) is 5.69 Å². The van der Waals surface area contributed by atoms with Crippen LogP contribution in [0.4, 0.5) is 11.4 Å². The van der Waals surface area contributed by atoms with Crippen LogP contribution in [-0.4, -0.2) is 26.8 Å². The first-order valence-corrected chi connectivity index (χ1v) is 9.06. The number of aromatic nitrogens is 3. The first-order valence-electron chi connectivity index (χ1n) is 8.68. The van der Waals surface area contributed by atoms with E-state index in [1.54, 1.807) is 31.2 Å². The van der Waals surface area contributed by atoms with Gasteiger partial charge in [-0.2, -0.15) is 0 Å². The molecule has 0 saturated carbocycles. The fourth-order valence-electron chi connectivity index (χ4n) is 2.66. The molecule has 8 heteroatoms. The Hall–Kier alpha value is -3.19. The van der Waals surface area contributed by atoms with E-state index in [9.17, 15) is 9.59 Å². The van der Waals surface area contributed by atoms with Gasteiger partial charge in [0.25, 0.3) is 5.91 Å². The molecule has 2 N–H and O–H groups in total. The summed E-state index contributed by atoms with van der Waals surface area (Å²) < 4.78 is 1.39. The molecule has 1 heterocycles. The Morgan fingerprint density at radius 2 is 1.75 bits per heavy atom. The van der Waals surface area contributed by atoms with Crippen molar-refractivity contribution in [2.24, 2.45) is 0 Å². The van der Waals surface area contributed by atoms with Gasteiger partial charge in [-0.25, -0.2) is 4.68 Å². The molecule has 28 heavy (non-hydrogen) atoms. The number of nitrogens with one attached hydrogen (secondary N) is 2. The van der Waals surface area contributed by atoms with Crippen LogP contribution in [0.5, 0.6) is 0 Å². The van der Waals surface area contributed by atoms with E-state index < -0.39 is 0 Å². The maximum Gasteiger partial charge on any atom is 0.278 e. The first kappa shape index (κ1) is 19.6. The molecule has 2 aromatic carbocycles. The third-order valence-electron chi connectivity index (χ3n) is 4.47. The molecular formula is C20H20ClN5O2. The summed E-state index contributed by atoms with van der Waals surface area (Å²) in [6.45, 7) is 5.56. The molecule has 1 aromatic heterocycles. The molecule has 2 amide bonds. The number of aryl methyl sites for hydroxylation is 1. The van der Waals surface area contributed by atoms with Gasteiger partial charge in [0, 0.05) is 16.4 Å². The zero-order valence-corrected chi connectivity index (χ0v) is 16.5. The number of carbonyl (C=O) groups excluding carboxylic acids is 2. The number of anilines is 2. The molecule has 0 unspecified atom stereocenters. The summed E-state index contributed by atoms with van der Waals surface area (Å²) in [5, 5.41) is 14.1. The molecular weight excluding hydrogens is 378 g/mol. The van der Waals surface area contributed by atoms with Crippen molar-refractivity contribution in [1.29, 1.82) is 0 Å². The highest BCUT2D eigenvalue weighted by Gasteiger charge is 2.19. The van der Waals surface area contributed by atoms with Crippen molar-refractivity contribution in [3.8, 4) is 0 Å². The second kappa shape index (κ2) is 8.22. The lowest BCUT2D eigenvalue weighted by Crippen LogP contribution is -2.21. The van der Waals surface area contributed by atoms with E-state index in [0.717, 1.165) is 16.8 Å². The molecule has 0 aliphatic rings. The number of rotatable bonds is 5. The van der Waals surface area contributed by atoms with Gasteiger partial charge in [-0.3, -0.25) is 9.59 Å². The molecule has 0 saturated heterocycles. The number of hydrogen-bond donors (Lipinski definition) is 2. The summed E-state index contributed by atoms with van der Waals surface area (Å²) in [4.78, 5) is 24.8. The van der Waals surface area contributed by atoms with Gasteiger partial charge in [0.15, 0.2) is 5.69 Å². The van der Waals surface area contributed by atoms with Crippen molar-refractivity contribution >= 4 is 34.8 Å². The quantitative estimate of drug-likeness (QED) is 0.686. The van der Waals surface area contributed by atoms with E-state index in [1.165, 1.54) is 4.68 Å². The average Bonchev–Trinajstić information content (AvgIpc) is 3.01. The van der Waals surface area contributed by atoms with Crippen molar-refractivity contribution in [3.63, 3.8) is 0 Å². The molecule has 0 aliphatic carbocycles. The highest BCUT2D eigenvalue weighted by Crippen LogP contribution is 2.19. The summed E-state index contributed by atoms with van der Waals surface area (Å²) in [6.07, 6.45) is 0. The smallest absolute Gasteiger partial charge is 0.278 e. The molecule has 0 spiro atoms. The minimum absolute atomic E-state index is 0.0573. The van der Waals surface area contributed by atoms with Crippen molar-refractivity contribution in [3.05, 3.63) is 70.0 Å². The maximum absolute atomic E-state index is 12.6. The van der Waals surface area contributed by atoms with Crippen molar-refractivity contribution in [2.75, 3.05) is 10.6 Å². The number of carbonyl (C=O) groups is 2. The van der Waals surface area contributed by atoms with Crippen LogP contribution in [0, 0.1) is 20.8 Å². The molecule has 7 nitrogen and oxygen atoms in total. The second-order valence-corrected chi connectivity index (χ2v) is 6.87. The Balaban J connectivity index is 1.69. The van der Waals surface area contributed by atoms with Crippen LogP contribution < -0.4 is 10.6 Å². The normalized spacial score (nSPS) is 10.6. The zero-order valence-electron chi connectivity index (χ0n) is 15.8. The Kier molecular flexibility index (Phi) is 5.75. The Morgan fingerprint density at radius 1 is 1.04 bits per heavy atom. The van der Waals surface area contributed by atoms with Crippen LogP contribution in [0.1, 0.15) is 27.3 Å². The molecule has 0 bridgehead atoms. The minimum Gasteiger partial charge on any atom is -0.324 e. The number of benzene rings is 2. The predicted molar refractivity (Wildman–Crippen MR) is 109 cm³/mol. The lowest BCUT2D eigenvalue weighted by atomic mass is 10.1. The van der Waals surface area contributed by atoms with Crippen LogP contribution in [0.2, 0.25) is 5.02 Å². The molecule has 0 aliphatic heterocycles. The van der Waals surface area contributed by atoms with E-state index in [0.29, 0.717) is 16.4 Å². The van der Waals surface area contributed by atoms with Gasteiger partial charge in [0.2, 0.25) is 5.91 Å². The SMILES string of the molecule is Cc1cccc(NC(=O)c2nnn(CC(=O)Nc3ccc(Cl)cc3)c2C)c1C. The third kappa shape index (κ3) is 4.37. The summed E-state index contributed by atoms with van der Waals surface area (Å²) >= 11 is 5.83. The number of nitrogens with zero attached hydrogens (tertiary/aromatic N) is 3. The monoisotopic (exact) mass is 397 g/mol. The minimum atomic E-state index is -0.365. The van der Waals surface area contributed by atoms with Crippen LogP contribution in [0.15, 0.2) is 42.5 Å². The number of hydrogen-bond acceptors (Lipinski definition) is 4. The van der Waals surface area contributed by atoms with Crippen molar-refractivity contribution in [1.82, 2.24) is 15.0 Å². The van der Waals surface area contributed by atoms with Gasteiger partial charge in [-0.05, 0) is 62.2 Å². The van der Waals surface area contributed by atoms with E-state index in [-0.39, 0.29) is 24.1 Å². The lowest BCUT2D eigenvalue weighted by Gasteiger charge is -2.09. The van der Waals surface area contributed by atoms with E-state index in [2.05, 4.69) is 20.9 Å². The first-order chi connectivity index (χ1) is 13.3. The molecule has 3 rings (SSSR count). The third-order valence-corrected chi connectivity index (χ3v) is 4.72. The molecule has 0 atom stereocenters. The molecule has 0 radical (unpaired) electrons.